The molecule has 2 rings (SSSR count). The predicted molar refractivity (Wildman–Crippen MR) is 84.6 cm³/mol. The minimum atomic E-state index is -1.06. The van der Waals surface area contributed by atoms with Crippen LogP contribution in [0.1, 0.15) is 25.0 Å². The van der Waals surface area contributed by atoms with E-state index in [9.17, 15) is 9.59 Å². The van der Waals surface area contributed by atoms with Gasteiger partial charge in [-0.3, -0.25) is 9.59 Å². The molecule has 0 spiro atoms. The smallest absolute Gasteiger partial charge is 0.325 e. The Morgan fingerprint density at radius 3 is 1.73 bits per heavy atom. The number of hydrogen-bond donors (Lipinski definition) is 2. The largest absolute Gasteiger partial charge is 0.480 e. The highest BCUT2D eigenvalue weighted by molar-refractivity contribution is 5.94. The van der Waals surface area contributed by atoms with Gasteiger partial charge in [0.25, 0.3) is 0 Å². The van der Waals surface area contributed by atoms with Crippen molar-refractivity contribution in [2.45, 2.75) is 25.3 Å². The molecule has 2 aromatic carbocycles. The molecular weight excluding hydrogens is 278 g/mol. The van der Waals surface area contributed by atoms with E-state index in [1.807, 2.05) is 67.6 Å². The third-order valence-corrected chi connectivity index (χ3v) is 3.87. The van der Waals surface area contributed by atoms with Gasteiger partial charge in [0.05, 0.1) is 5.41 Å². The summed E-state index contributed by atoms with van der Waals surface area (Å²) in [4.78, 5) is 23.8. The van der Waals surface area contributed by atoms with Crippen LogP contribution in [-0.2, 0) is 15.0 Å². The Morgan fingerprint density at radius 2 is 1.36 bits per heavy atom. The second-order valence-electron chi connectivity index (χ2n) is 5.39. The number of rotatable bonds is 5. The highest BCUT2D eigenvalue weighted by Crippen LogP contribution is 2.32. The number of benzene rings is 2. The zero-order valence-electron chi connectivity index (χ0n) is 12.6. The lowest BCUT2D eigenvalue weighted by Crippen LogP contribution is -2.48. The molecular formula is C18H19NO3. The molecule has 0 fully saturated rings. The maximum absolute atomic E-state index is 12.8. The van der Waals surface area contributed by atoms with Crippen molar-refractivity contribution in [2.24, 2.45) is 0 Å². The summed E-state index contributed by atoms with van der Waals surface area (Å²) in [5.74, 6) is -1.39. The van der Waals surface area contributed by atoms with Crippen molar-refractivity contribution in [3.8, 4) is 0 Å². The zero-order valence-corrected chi connectivity index (χ0v) is 12.6. The normalized spacial score (nSPS) is 12.5. The molecule has 0 bridgehead atoms. The van der Waals surface area contributed by atoms with Crippen LogP contribution in [-0.4, -0.2) is 23.0 Å². The predicted octanol–water partition coefficient (Wildman–Crippen LogP) is 2.58. The summed E-state index contributed by atoms with van der Waals surface area (Å²) >= 11 is 0. The van der Waals surface area contributed by atoms with Gasteiger partial charge in [0.15, 0.2) is 0 Å². The van der Waals surface area contributed by atoms with Crippen LogP contribution in [0.15, 0.2) is 60.7 Å². The lowest BCUT2D eigenvalue weighted by atomic mass is 9.75. The van der Waals surface area contributed by atoms with E-state index in [-0.39, 0.29) is 5.91 Å². The van der Waals surface area contributed by atoms with Crippen LogP contribution in [0.5, 0.6) is 0 Å². The standard InChI is InChI=1S/C18H19NO3/c1-13(16(20)21)19-17(22)18(2,14-9-5-3-6-10-14)15-11-7-4-8-12-15/h3-13H,1-2H3,(H,19,22)(H,20,21)/t13-/m0/s1. The Bertz CT molecular complexity index is 613. The van der Waals surface area contributed by atoms with Crippen LogP contribution >= 0.6 is 0 Å². The first-order valence-corrected chi connectivity index (χ1v) is 7.11. The minimum absolute atomic E-state index is 0.334. The fourth-order valence-electron chi connectivity index (χ4n) is 2.37. The summed E-state index contributed by atoms with van der Waals surface area (Å²) in [6, 6.07) is 17.8. The van der Waals surface area contributed by atoms with E-state index >= 15 is 0 Å². The van der Waals surface area contributed by atoms with E-state index in [0.717, 1.165) is 11.1 Å². The Balaban J connectivity index is 2.47. The first-order chi connectivity index (χ1) is 10.5. The van der Waals surface area contributed by atoms with Gasteiger partial charge in [-0.25, -0.2) is 0 Å². The van der Waals surface area contributed by atoms with Gasteiger partial charge in [-0.2, -0.15) is 0 Å². The first-order valence-electron chi connectivity index (χ1n) is 7.11. The van der Waals surface area contributed by atoms with Crippen molar-refractivity contribution in [2.75, 3.05) is 0 Å². The molecule has 0 aliphatic carbocycles. The number of carbonyl (C=O) groups excluding carboxylic acids is 1. The molecule has 0 saturated heterocycles. The molecule has 1 atom stereocenters. The van der Waals surface area contributed by atoms with Crippen LogP contribution in [0.4, 0.5) is 0 Å². The molecule has 2 aromatic rings. The molecule has 0 heterocycles. The highest BCUT2D eigenvalue weighted by atomic mass is 16.4. The van der Waals surface area contributed by atoms with Crippen molar-refractivity contribution in [3.63, 3.8) is 0 Å². The van der Waals surface area contributed by atoms with Gasteiger partial charge >= 0.3 is 5.97 Å². The number of carbonyl (C=O) groups is 2. The van der Waals surface area contributed by atoms with Crippen molar-refractivity contribution in [1.82, 2.24) is 5.32 Å². The van der Waals surface area contributed by atoms with E-state index in [0.29, 0.717) is 0 Å². The van der Waals surface area contributed by atoms with Gasteiger partial charge < -0.3 is 10.4 Å². The van der Waals surface area contributed by atoms with Crippen LogP contribution < -0.4 is 5.32 Å². The maximum atomic E-state index is 12.8. The number of amides is 1. The maximum Gasteiger partial charge on any atom is 0.325 e. The summed E-state index contributed by atoms with van der Waals surface area (Å²) in [6.07, 6.45) is 0. The van der Waals surface area contributed by atoms with Crippen LogP contribution in [0, 0.1) is 0 Å². The first kappa shape index (κ1) is 15.8. The van der Waals surface area contributed by atoms with Crippen molar-refractivity contribution in [3.05, 3.63) is 71.8 Å². The minimum Gasteiger partial charge on any atom is -0.480 e. The van der Waals surface area contributed by atoms with Gasteiger partial charge in [0.2, 0.25) is 5.91 Å². The van der Waals surface area contributed by atoms with E-state index in [1.165, 1.54) is 6.92 Å². The second-order valence-corrected chi connectivity index (χ2v) is 5.39. The molecule has 2 N–H and O–H groups in total. The average molecular weight is 297 g/mol. The van der Waals surface area contributed by atoms with Gasteiger partial charge in [0, 0.05) is 0 Å². The molecule has 0 aliphatic heterocycles. The molecule has 0 aliphatic rings. The Hall–Kier alpha value is -2.62. The zero-order chi connectivity index (χ0) is 16.2. The summed E-state index contributed by atoms with van der Waals surface area (Å²) in [5.41, 5.74) is 0.680. The van der Waals surface area contributed by atoms with E-state index in [2.05, 4.69) is 5.32 Å². The van der Waals surface area contributed by atoms with Crippen LogP contribution in [0.3, 0.4) is 0 Å². The molecule has 4 heteroatoms. The highest BCUT2D eigenvalue weighted by Gasteiger charge is 2.38. The molecule has 114 valence electrons. The van der Waals surface area contributed by atoms with Gasteiger partial charge in [-0.1, -0.05) is 60.7 Å². The molecule has 1 amide bonds. The Kier molecular flexibility index (Phi) is 4.61. The Labute approximate surface area is 129 Å². The Morgan fingerprint density at radius 1 is 0.955 bits per heavy atom. The quantitative estimate of drug-likeness (QED) is 0.891. The summed E-state index contributed by atoms with van der Waals surface area (Å²) in [6.45, 7) is 3.26. The van der Waals surface area contributed by atoms with Gasteiger partial charge in [-0.05, 0) is 25.0 Å². The monoisotopic (exact) mass is 297 g/mol. The van der Waals surface area contributed by atoms with Gasteiger partial charge in [0.1, 0.15) is 6.04 Å². The molecule has 4 nitrogen and oxygen atoms in total. The molecule has 22 heavy (non-hydrogen) atoms. The van der Waals surface area contributed by atoms with Crippen molar-refractivity contribution < 1.29 is 14.7 Å². The molecule has 0 saturated carbocycles. The van der Waals surface area contributed by atoms with Gasteiger partial charge in [-0.15, -0.1) is 0 Å². The molecule has 0 radical (unpaired) electrons. The SMILES string of the molecule is C[C@H](NC(=O)C(C)(c1ccccc1)c1ccccc1)C(=O)O. The topological polar surface area (TPSA) is 66.4 Å². The number of carboxylic acids is 1. The third kappa shape index (κ3) is 3.01. The van der Waals surface area contributed by atoms with Crippen molar-refractivity contribution >= 4 is 11.9 Å². The fourth-order valence-corrected chi connectivity index (χ4v) is 2.37. The van der Waals surface area contributed by atoms with E-state index in [4.69, 9.17) is 5.11 Å². The number of aliphatic carboxylic acids is 1. The van der Waals surface area contributed by atoms with E-state index in [1.54, 1.807) is 0 Å². The summed E-state index contributed by atoms with van der Waals surface area (Å²) in [5, 5.41) is 11.6. The second kappa shape index (κ2) is 6.43. The molecule has 0 aromatic heterocycles. The lowest BCUT2D eigenvalue weighted by molar-refractivity contribution is -0.141. The number of nitrogens with one attached hydrogen (secondary N) is 1. The fraction of sp³-hybridized carbons (Fsp3) is 0.222. The lowest BCUT2D eigenvalue weighted by Gasteiger charge is -2.30. The van der Waals surface area contributed by atoms with E-state index < -0.39 is 17.4 Å². The summed E-state index contributed by atoms with van der Waals surface area (Å²) in [7, 11) is 0. The average Bonchev–Trinajstić information content (AvgIpc) is 2.55. The van der Waals surface area contributed by atoms with Crippen LogP contribution in [0.25, 0.3) is 0 Å². The third-order valence-electron chi connectivity index (χ3n) is 3.87. The number of carboxylic acid groups (broad SMARTS) is 1. The van der Waals surface area contributed by atoms with Crippen LogP contribution in [0.2, 0.25) is 0 Å². The number of hydrogen-bond acceptors (Lipinski definition) is 2. The summed E-state index contributed by atoms with van der Waals surface area (Å²) < 4.78 is 0. The molecule has 0 unspecified atom stereocenters. The van der Waals surface area contributed by atoms with Crippen molar-refractivity contribution in [1.29, 1.82) is 0 Å².